The summed E-state index contributed by atoms with van der Waals surface area (Å²) in [4.78, 5) is 9.24. The molecule has 1 unspecified atom stereocenters. The third-order valence-corrected chi connectivity index (χ3v) is 3.78. The van der Waals surface area contributed by atoms with Crippen LogP contribution in [0.25, 0.3) is 0 Å². The van der Waals surface area contributed by atoms with E-state index < -0.39 is 0 Å². The van der Waals surface area contributed by atoms with Crippen molar-refractivity contribution in [2.75, 3.05) is 18.9 Å². The van der Waals surface area contributed by atoms with E-state index in [9.17, 15) is 0 Å². The molecular formula is C13H19N3O. The van der Waals surface area contributed by atoms with Gasteiger partial charge in [0.05, 0.1) is 6.61 Å². The fraction of sp³-hybridized carbons (Fsp3) is 0.692. The molecule has 0 spiro atoms. The van der Waals surface area contributed by atoms with Crippen molar-refractivity contribution < 1.29 is 4.74 Å². The maximum Gasteiger partial charge on any atom is 0.136 e. The van der Waals surface area contributed by atoms with Crippen LogP contribution in [0.2, 0.25) is 0 Å². The molecule has 1 saturated heterocycles. The Balaban J connectivity index is 1.96. The minimum absolute atomic E-state index is 0.353. The van der Waals surface area contributed by atoms with Crippen LogP contribution in [0, 0.1) is 0 Å². The van der Waals surface area contributed by atoms with Gasteiger partial charge in [-0.1, -0.05) is 6.42 Å². The monoisotopic (exact) mass is 233 g/mol. The standard InChI is InChI=1S/C13H19N3O/c14-12-10-4-2-1-3-5-11(10)15-13(16-12)9-6-7-17-8-9/h9H,1-8H2,(H2,14,15,16). The summed E-state index contributed by atoms with van der Waals surface area (Å²) in [5, 5.41) is 0. The summed E-state index contributed by atoms with van der Waals surface area (Å²) >= 11 is 0. The number of hydrogen-bond donors (Lipinski definition) is 1. The first kappa shape index (κ1) is 11.0. The molecule has 2 aliphatic rings. The highest BCUT2D eigenvalue weighted by Gasteiger charge is 2.23. The van der Waals surface area contributed by atoms with Gasteiger partial charge in [0.25, 0.3) is 0 Å². The van der Waals surface area contributed by atoms with Crippen molar-refractivity contribution >= 4 is 5.82 Å². The number of anilines is 1. The highest BCUT2D eigenvalue weighted by atomic mass is 16.5. The molecule has 0 aromatic carbocycles. The van der Waals surface area contributed by atoms with E-state index in [-0.39, 0.29) is 0 Å². The molecule has 0 bridgehead atoms. The Hall–Kier alpha value is -1.16. The Labute approximate surface area is 102 Å². The lowest BCUT2D eigenvalue weighted by Gasteiger charge is -2.13. The van der Waals surface area contributed by atoms with E-state index in [4.69, 9.17) is 15.5 Å². The highest BCUT2D eigenvalue weighted by molar-refractivity contribution is 5.43. The SMILES string of the molecule is Nc1nc(C2CCOC2)nc2c1CCCCC2. The quantitative estimate of drug-likeness (QED) is 0.752. The van der Waals surface area contributed by atoms with Crippen LogP contribution >= 0.6 is 0 Å². The number of nitrogens with zero attached hydrogens (tertiary/aromatic N) is 2. The summed E-state index contributed by atoms with van der Waals surface area (Å²) in [5.74, 6) is 1.96. The Morgan fingerprint density at radius 2 is 2.00 bits per heavy atom. The zero-order valence-electron chi connectivity index (χ0n) is 10.1. The molecule has 4 heteroatoms. The fourth-order valence-corrected chi connectivity index (χ4v) is 2.74. The fourth-order valence-electron chi connectivity index (χ4n) is 2.74. The molecule has 0 radical (unpaired) electrons. The summed E-state index contributed by atoms with van der Waals surface area (Å²) in [6.07, 6.45) is 6.84. The van der Waals surface area contributed by atoms with E-state index in [0.717, 1.165) is 38.3 Å². The molecule has 1 fully saturated rings. The average Bonchev–Trinajstić information content (AvgIpc) is 2.75. The first-order chi connectivity index (χ1) is 8.34. The van der Waals surface area contributed by atoms with Crippen molar-refractivity contribution in [3.63, 3.8) is 0 Å². The van der Waals surface area contributed by atoms with Gasteiger partial charge in [0.1, 0.15) is 11.6 Å². The van der Waals surface area contributed by atoms with Gasteiger partial charge in [0, 0.05) is 23.8 Å². The van der Waals surface area contributed by atoms with E-state index in [1.807, 2.05) is 0 Å². The van der Waals surface area contributed by atoms with Crippen molar-refractivity contribution in [3.05, 3.63) is 17.1 Å². The van der Waals surface area contributed by atoms with Gasteiger partial charge >= 0.3 is 0 Å². The largest absolute Gasteiger partial charge is 0.383 e. The van der Waals surface area contributed by atoms with E-state index >= 15 is 0 Å². The summed E-state index contributed by atoms with van der Waals surface area (Å²) in [5.41, 5.74) is 8.48. The van der Waals surface area contributed by atoms with E-state index in [1.165, 1.54) is 30.5 Å². The number of hydrogen-bond acceptors (Lipinski definition) is 4. The molecule has 0 amide bonds. The van der Waals surface area contributed by atoms with Gasteiger partial charge in [-0.15, -0.1) is 0 Å². The number of nitrogens with two attached hydrogens (primary N) is 1. The maximum absolute atomic E-state index is 6.09. The number of aryl methyl sites for hydroxylation is 1. The number of rotatable bonds is 1. The lowest BCUT2D eigenvalue weighted by Crippen LogP contribution is -2.12. The normalized spacial score (nSPS) is 24.4. The van der Waals surface area contributed by atoms with Crippen LogP contribution in [0.1, 0.15) is 48.7 Å². The van der Waals surface area contributed by atoms with Gasteiger partial charge < -0.3 is 10.5 Å². The minimum Gasteiger partial charge on any atom is -0.383 e. The van der Waals surface area contributed by atoms with Crippen LogP contribution in [-0.4, -0.2) is 23.2 Å². The van der Waals surface area contributed by atoms with Crippen molar-refractivity contribution in [3.8, 4) is 0 Å². The predicted molar refractivity (Wildman–Crippen MR) is 65.9 cm³/mol. The predicted octanol–water partition coefficient (Wildman–Crippen LogP) is 1.83. The van der Waals surface area contributed by atoms with E-state index in [0.29, 0.717) is 11.7 Å². The summed E-state index contributed by atoms with van der Waals surface area (Å²) in [6.45, 7) is 1.57. The molecule has 1 aromatic heterocycles. The van der Waals surface area contributed by atoms with Crippen molar-refractivity contribution in [2.24, 2.45) is 0 Å². The lowest BCUT2D eigenvalue weighted by atomic mass is 10.1. The first-order valence-electron chi connectivity index (χ1n) is 6.57. The molecule has 92 valence electrons. The zero-order chi connectivity index (χ0) is 11.7. The molecule has 17 heavy (non-hydrogen) atoms. The first-order valence-corrected chi connectivity index (χ1v) is 6.57. The molecule has 1 atom stereocenters. The zero-order valence-corrected chi connectivity index (χ0v) is 10.1. The number of ether oxygens (including phenoxy) is 1. The Morgan fingerprint density at radius 3 is 2.82 bits per heavy atom. The molecule has 1 aliphatic carbocycles. The Bertz CT molecular complexity index is 413. The van der Waals surface area contributed by atoms with Crippen LogP contribution in [0.4, 0.5) is 5.82 Å². The van der Waals surface area contributed by atoms with Gasteiger partial charge in [-0.25, -0.2) is 9.97 Å². The third-order valence-electron chi connectivity index (χ3n) is 3.78. The van der Waals surface area contributed by atoms with Gasteiger partial charge in [0.2, 0.25) is 0 Å². The van der Waals surface area contributed by atoms with E-state index in [1.54, 1.807) is 0 Å². The van der Waals surface area contributed by atoms with Crippen LogP contribution < -0.4 is 5.73 Å². The van der Waals surface area contributed by atoms with Gasteiger partial charge in [-0.05, 0) is 32.1 Å². The molecule has 2 heterocycles. The molecule has 1 aliphatic heterocycles. The second-order valence-corrected chi connectivity index (χ2v) is 5.01. The molecular weight excluding hydrogens is 214 g/mol. The summed E-state index contributed by atoms with van der Waals surface area (Å²) < 4.78 is 5.40. The number of aromatic nitrogens is 2. The lowest BCUT2D eigenvalue weighted by molar-refractivity contribution is 0.193. The van der Waals surface area contributed by atoms with Crippen molar-refractivity contribution in [1.82, 2.24) is 9.97 Å². The second kappa shape index (κ2) is 4.61. The topological polar surface area (TPSA) is 61.0 Å². The van der Waals surface area contributed by atoms with Crippen molar-refractivity contribution in [2.45, 2.75) is 44.4 Å². The molecule has 1 aromatic rings. The third kappa shape index (κ3) is 2.14. The Kier molecular flexibility index (Phi) is 2.97. The summed E-state index contributed by atoms with van der Waals surface area (Å²) in [7, 11) is 0. The van der Waals surface area contributed by atoms with Crippen LogP contribution in [0.3, 0.4) is 0 Å². The van der Waals surface area contributed by atoms with Crippen molar-refractivity contribution in [1.29, 1.82) is 0 Å². The Morgan fingerprint density at radius 1 is 1.12 bits per heavy atom. The summed E-state index contributed by atoms with van der Waals surface area (Å²) in [6, 6.07) is 0. The van der Waals surface area contributed by atoms with E-state index in [2.05, 4.69) is 4.98 Å². The van der Waals surface area contributed by atoms with Gasteiger partial charge in [0.15, 0.2) is 0 Å². The number of nitrogen functional groups attached to an aromatic ring is 1. The average molecular weight is 233 g/mol. The maximum atomic E-state index is 6.09. The van der Waals surface area contributed by atoms with Crippen LogP contribution in [0.15, 0.2) is 0 Å². The second-order valence-electron chi connectivity index (χ2n) is 5.01. The molecule has 3 rings (SSSR count). The van der Waals surface area contributed by atoms with Gasteiger partial charge in [-0.3, -0.25) is 0 Å². The van der Waals surface area contributed by atoms with Gasteiger partial charge in [-0.2, -0.15) is 0 Å². The smallest absolute Gasteiger partial charge is 0.136 e. The molecule has 0 saturated carbocycles. The molecule has 4 nitrogen and oxygen atoms in total. The number of fused-ring (bicyclic) bond motifs is 1. The van der Waals surface area contributed by atoms with Crippen LogP contribution in [0.5, 0.6) is 0 Å². The molecule has 2 N–H and O–H groups in total. The minimum atomic E-state index is 0.353. The van der Waals surface area contributed by atoms with Crippen LogP contribution in [-0.2, 0) is 17.6 Å². The highest BCUT2D eigenvalue weighted by Crippen LogP contribution is 2.28.